The number of para-hydroxylation sites is 2. The van der Waals surface area contributed by atoms with Crippen molar-refractivity contribution in [1.29, 1.82) is 0 Å². The van der Waals surface area contributed by atoms with Gasteiger partial charge < -0.3 is 10.1 Å². The summed E-state index contributed by atoms with van der Waals surface area (Å²) in [4.78, 5) is 0. The Morgan fingerprint density at radius 2 is 2.00 bits per heavy atom. The van der Waals surface area contributed by atoms with Crippen LogP contribution in [0.25, 0.3) is 0 Å². The molecule has 1 N–H and O–H groups in total. The molecule has 2 heterocycles. The summed E-state index contributed by atoms with van der Waals surface area (Å²) in [7, 11) is 0. The highest BCUT2D eigenvalue weighted by molar-refractivity contribution is 5.73. The van der Waals surface area contributed by atoms with Crippen LogP contribution in [-0.4, -0.2) is 10.2 Å². The molecule has 0 fully saturated rings. The summed E-state index contributed by atoms with van der Waals surface area (Å²) >= 11 is 0. The van der Waals surface area contributed by atoms with Gasteiger partial charge in [0.05, 0.1) is 11.9 Å². The fourth-order valence-corrected chi connectivity index (χ4v) is 1.40. The minimum atomic E-state index is 0.520. The van der Waals surface area contributed by atoms with E-state index in [2.05, 4.69) is 15.5 Å². The molecule has 0 radical (unpaired) electrons. The first-order valence-electron chi connectivity index (χ1n) is 4.29. The van der Waals surface area contributed by atoms with Crippen molar-refractivity contribution in [2.24, 2.45) is 0 Å². The fraction of sp³-hybridized carbons (Fsp3) is 0. The normalized spacial score (nSPS) is 12.0. The number of hydrogen-bond acceptors (Lipinski definition) is 4. The van der Waals surface area contributed by atoms with Crippen molar-refractivity contribution in [3.8, 4) is 11.6 Å². The van der Waals surface area contributed by atoms with Gasteiger partial charge in [-0.1, -0.05) is 12.1 Å². The van der Waals surface area contributed by atoms with Crippen molar-refractivity contribution in [2.75, 3.05) is 5.32 Å². The van der Waals surface area contributed by atoms with E-state index < -0.39 is 0 Å². The van der Waals surface area contributed by atoms with Crippen LogP contribution in [0.15, 0.2) is 36.5 Å². The minimum Gasteiger partial charge on any atom is -0.434 e. The van der Waals surface area contributed by atoms with Gasteiger partial charge in [0.2, 0.25) is 0 Å². The van der Waals surface area contributed by atoms with Gasteiger partial charge in [-0.15, -0.1) is 5.10 Å². The third-order valence-corrected chi connectivity index (χ3v) is 2.05. The Morgan fingerprint density at radius 1 is 1.07 bits per heavy atom. The van der Waals surface area contributed by atoms with Crippen LogP contribution in [-0.2, 0) is 0 Å². The van der Waals surface area contributed by atoms with E-state index in [4.69, 9.17) is 4.74 Å². The number of nitrogens with zero attached hydrogens (tertiary/aromatic N) is 2. The van der Waals surface area contributed by atoms with Gasteiger partial charge in [-0.2, -0.15) is 5.10 Å². The molecule has 68 valence electrons. The number of nitrogens with one attached hydrogen (secondary N) is 1. The summed E-state index contributed by atoms with van der Waals surface area (Å²) in [6.07, 6.45) is 1.63. The predicted octanol–water partition coefficient (Wildman–Crippen LogP) is 2.33. The Labute approximate surface area is 80.6 Å². The van der Waals surface area contributed by atoms with E-state index in [0.717, 1.165) is 17.1 Å². The van der Waals surface area contributed by atoms with Crippen molar-refractivity contribution in [2.45, 2.75) is 0 Å². The van der Waals surface area contributed by atoms with Crippen LogP contribution < -0.4 is 10.1 Å². The molecule has 1 aromatic heterocycles. The molecule has 1 aliphatic rings. The average molecular weight is 185 g/mol. The highest BCUT2D eigenvalue weighted by Crippen LogP contribution is 2.39. The van der Waals surface area contributed by atoms with Crippen LogP contribution in [0.5, 0.6) is 11.6 Å². The third kappa shape index (κ3) is 1.01. The maximum atomic E-state index is 5.54. The van der Waals surface area contributed by atoms with Crippen LogP contribution in [0, 0.1) is 0 Å². The zero-order chi connectivity index (χ0) is 9.38. The second kappa shape index (κ2) is 2.70. The first-order valence-corrected chi connectivity index (χ1v) is 4.29. The smallest absolute Gasteiger partial charge is 0.262 e. The molecule has 0 aliphatic carbocycles. The van der Waals surface area contributed by atoms with Crippen LogP contribution in [0.1, 0.15) is 0 Å². The number of aromatic nitrogens is 2. The van der Waals surface area contributed by atoms with Gasteiger partial charge >= 0.3 is 0 Å². The van der Waals surface area contributed by atoms with E-state index in [0.29, 0.717) is 5.88 Å². The van der Waals surface area contributed by atoms with Gasteiger partial charge in [-0.3, -0.25) is 0 Å². The van der Waals surface area contributed by atoms with E-state index in [1.807, 2.05) is 30.3 Å². The second-order valence-electron chi connectivity index (χ2n) is 2.97. The summed E-state index contributed by atoms with van der Waals surface area (Å²) in [5, 5.41) is 10.9. The zero-order valence-corrected chi connectivity index (χ0v) is 7.27. The van der Waals surface area contributed by atoms with Gasteiger partial charge in [-0.25, -0.2) is 0 Å². The quantitative estimate of drug-likeness (QED) is 0.583. The van der Waals surface area contributed by atoms with E-state index >= 15 is 0 Å². The van der Waals surface area contributed by atoms with E-state index in [1.165, 1.54) is 0 Å². The number of ether oxygens (including phenoxy) is 1. The summed E-state index contributed by atoms with van der Waals surface area (Å²) < 4.78 is 5.54. The highest BCUT2D eigenvalue weighted by atomic mass is 16.5. The molecule has 0 amide bonds. The molecule has 0 saturated heterocycles. The molecule has 1 aliphatic heterocycles. The lowest BCUT2D eigenvalue weighted by atomic mass is 10.2. The van der Waals surface area contributed by atoms with Gasteiger partial charge in [0.15, 0.2) is 5.75 Å². The fourth-order valence-electron chi connectivity index (χ4n) is 1.40. The third-order valence-electron chi connectivity index (χ3n) is 2.05. The molecular weight excluding hydrogens is 178 g/mol. The number of fused-ring (bicyclic) bond motifs is 2. The van der Waals surface area contributed by atoms with Gasteiger partial charge in [-0.05, 0) is 18.2 Å². The Bertz CT molecular complexity index is 397. The largest absolute Gasteiger partial charge is 0.434 e. The monoisotopic (exact) mass is 185 g/mol. The second-order valence-corrected chi connectivity index (χ2v) is 2.97. The lowest BCUT2D eigenvalue weighted by Crippen LogP contribution is -2.04. The van der Waals surface area contributed by atoms with Crippen molar-refractivity contribution in [3.63, 3.8) is 0 Å². The Hall–Kier alpha value is -2.10. The van der Waals surface area contributed by atoms with Gasteiger partial charge in [0.25, 0.3) is 5.88 Å². The molecule has 0 bridgehead atoms. The number of hydrogen-bond donors (Lipinski definition) is 1. The van der Waals surface area contributed by atoms with Crippen molar-refractivity contribution >= 4 is 11.4 Å². The van der Waals surface area contributed by atoms with Crippen molar-refractivity contribution in [3.05, 3.63) is 36.5 Å². The first-order chi connectivity index (χ1) is 6.93. The van der Waals surface area contributed by atoms with E-state index in [-0.39, 0.29) is 0 Å². The standard InChI is InChI=1S/C10H7N3O/c1-2-4-9-7(3-1)12-8-5-6-11-13-10(8)14-9/h1-6,12H. The number of rotatable bonds is 0. The maximum Gasteiger partial charge on any atom is 0.262 e. The Balaban J connectivity index is 2.12. The van der Waals surface area contributed by atoms with Crippen LogP contribution in [0.3, 0.4) is 0 Å². The van der Waals surface area contributed by atoms with Crippen LogP contribution in [0.2, 0.25) is 0 Å². The average Bonchev–Trinajstić information content (AvgIpc) is 2.26. The number of anilines is 2. The van der Waals surface area contributed by atoms with E-state index in [1.54, 1.807) is 6.20 Å². The summed E-state index contributed by atoms with van der Waals surface area (Å²) in [5.74, 6) is 1.30. The maximum absolute atomic E-state index is 5.54. The molecule has 4 nitrogen and oxygen atoms in total. The molecule has 0 spiro atoms. The SMILES string of the molecule is c1ccc2c(c1)Nc1ccnnc1O2. The Kier molecular flexibility index (Phi) is 1.41. The molecule has 3 rings (SSSR count). The van der Waals surface area contributed by atoms with Gasteiger partial charge in [0.1, 0.15) is 5.69 Å². The van der Waals surface area contributed by atoms with Crippen LogP contribution in [0.4, 0.5) is 11.4 Å². The van der Waals surface area contributed by atoms with Crippen molar-refractivity contribution in [1.82, 2.24) is 10.2 Å². The first kappa shape index (κ1) is 7.32. The topological polar surface area (TPSA) is 47.0 Å². The molecule has 2 aromatic rings. The minimum absolute atomic E-state index is 0.520. The molecular formula is C10H7N3O. The van der Waals surface area contributed by atoms with E-state index in [9.17, 15) is 0 Å². The number of benzene rings is 1. The molecule has 0 atom stereocenters. The van der Waals surface area contributed by atoms with Crippen LogP contribution >= 0.6 is 0 Å². The molecule has 14 heavy (non-hydrogen) atoms. The summed E-state index contributed by atoms with van der Waals surface area (Å²) in [6, 6.07) is 9.55. The Morgan fingerprint density at radius 3 is 3.00 bits per heavy atom. The zero-order valence-electron chi connectivity index (χ0n) is 7.27. The predicted molar refractivity (Wildman–Crippen MR) is 51.8 cm³/mol. The van der Waals surface area contributed by atoms with Gasteiger partial charge in [0, 0.05) is 0 Å². The molecule has 4 heteroatoms. The van der Waals surface area contributed by atoms with Crippen molar-refractivity contribution < 1.29 is 4.74 Å². The lowest BCUT2D eigenvalue weighted by Gasteiger charge is -2.19. The molecule has 0 saturated carbocycles. The molecule has 1 aromatic carbocycles. The molecule has 0 unspecified atom stereocenters. The lowest BCUT2D eigenvalue weighted by molar-refractivity contribution is 0.454. The summed E-state index contributed by atoms with van der Waals surface area (Å²) in [6.45, 7) is 0. The highest BCUT2D eigenvalue weighted by Gasteiger charge is 2.16. The summed E-state index contributed by atoms with van der Waals surface area (Å²) in [5.41, 5.74) is 1.80.